The predicted molar refractivity (Wildman–Crippen MR) is 125 cm³/mol. The first kappa shape index (κ1) is 22.5. The molecule has 0 fully saturated rings. The van der Waals surface area contributed by atoms with E-state index in [4.69, 9.17) is 4.74 Å². The number of rotatable bonds is 5. The van der Waals surface area contributed by atoms with Crippen molar-refractivity contribution in [3.05, 3.63) is 78.2 Å². The van der Waals surface area contributed by atoms with Gasteiger partial charge in [-0.15, -0.1) is 0 Å². The predicted octanol–water partition coefficient (Wildman–Crippen LogP) is 3.85. The summed E-state index contributed by atoms with van der Waals surface area (Å²) in [7, 11) is -2.82. The van der Waals surface area contributed by atoms with E-state index >= 15 is 0 Å². The standard InChI is InChI=1S/C24H24N4O4S/c1-24(2,3)16-9-12-21(32-4)22(15-16)33(30,31)27-23(29)19-11-10-17-18(26-19)7-5-8-20(17)28-14-6-13-25-28/h5-15H,1-4H3,(H,27,29). The normalized spacial score (nSPS) is 12.0. The number of ether oxygens (including phenoxy) is 1. The largest absolute Gasteiger partial charge is 0.495 e. The Morgan fingerprint density at radius 2 is 1.85 bits per heavy atom. The van der Waals surface area contributed by atoms with Gasteiger partial charge < -0.3 is 4.74 Å². The molecule has 0 bridgehead atoms. The molecule has 0 aliphatic rings. The van der Waals surface area contributed by atoms with Crippen molar-refractivity contribution in [1.29, 1.82) is 0 Å². The molecule has 4 rings (SSSR count). The second kappa shape index (κ2) is 8.32. The highest BCUT2D eigenvalue weighted by Gasteiger charge is 2.26. The molecule has 4 aromatic rings. The van der Waals surface area contributed by atoms with E-state index < -0.39 is 15.9 Å². The fraction of sp³-hybridized carbons (Fsp3) is 0.208. The highest BCUT2D eigenvalue weighted by Crippen LogP contribution is 2.31. The molecule has 0 saturated heterocycles. The molecule has 0 unspecified atom stereocenters. The van der Waals surface area contributed by atoms with Gasteiger partial charge in [-0.25, -0.2) is 22.8 Å². The third kappa shape index (κ3) is 4.45. The second-order valence-corrected chi connectivity index (χ2v) is 10.2. The Kier molecular flexibility index (Phi) is 5.67. The van der Waals surface area contributed by atoms with Gasteiger partial charge in [0.25, 0.3) is 15.9 Å². The topological polar surface area (TPSA) is 103 Å². The van der Waals surface area contributed by atoms with Crippen molar-refractivity contribution in [2.75, 3.05) is 7.11 Å². The van der Waals surface area contributed by atoms with E-state index in [2.05, 4.69) is 14.8 Å². The van der Waals surface area contributed by atoms with Crippen LogP contribution >= 0.6 is 0 Å². The Labute approximate surface area is 192 Å². The van der Waals surface area contributed by atoms with Gasteiger partial charge in [0.15, 0.2) is 0 Å². The molecule has 33 heavy (non-hydrogen) atoms. The maximum Gasteiger partial charge on any atom is 0.283 e. The molecule has 170 valence electrons. The summed E-state index contributed by atoms with van der Waals surface area (Å²) in [5, 5.41) is 5.01. The van der Waals surface area contributed by atoms with Crippen molar-refractivity contribution in [2.45, 2.75) is 31.1 Å². The van der Waals surface area contributed by atoms with Crippen LogP contribution in [0.3, 0.4) is 0 Å². The minimum absolute atomic E-state index is 0.0189. The molecule has 0 saturated carbocycles. The van der Waals surface area contributed by atoms with Gasteiger partial charge in [0, 0.05) is 17.8 Å². The van der Waals surface area contributed by atoms with Gasteiger partial charge in [0.1, 0.15) is 16.3 Å². The Hall–Kier alpha value is -3.72. The number of carbonyl (C=O) groups is 1. The number of fused-ring (bicyclic) bond motifs is 1. The SMILES string of the molecule is COc1ccc(C(C)(C)C)cc1S(=O)(=O)NC(=O)c1ccc2c(-n3cccn3)cccc2n1. The van der Waals surface area contributed by atoms with Gasteiger partial charge in [-0.2, -0.15) is 5.10 Å². The van der Waals surface area contributed by atoms with Gasteiger partial charge in [-0.3, -0.25) is 4.79 Å². The first-order chi connectivity index (χ1) is 15.6. The van der Waals surface area contributed by atoms with E-state index in [1.54, 1.807) is 41.3 Å². The average molecular weight is 465 g/mol. The number of benzene rings is 2. The zero-order valence-corrected chi connectivity index (χ0v) is 19.6. The molecular formula is C24H24N4O4S. The highest BCUT2D eigenvalue weighted by molar-refractivity contribution is 7.90. The molecule has 1 N–H and O–H groups in total. The lowest BCUT2D eigenvalue weighted by molar-refractivity contribution is 0.0977. The summed E-state index contributed by atoms with van der Waals surface area (Å²) in [6, 6.07) is 15.4. The van der Waals surface area contributed by atoms with Crippen LogP contribution in [0.1, 0.15) is 36.8 Å². The van der Waals surface area contributed by atoms with Crippen LogP contribution in [0.2, 0.25) is 0 Å². The van der Waals surface area contributed by atoms with Crippen molar-refractivity contribution in [3.8, 4) is 11.4 Å². The van der Waals surface area contributed by atoms with Crippen LogP contribution in [0.25, 0.3) is 16.6 Å². The molecule has 0 atom stereocenters. The summed E-state index contributed by atoms with van der Waals surface area (Å²) >= 11 is 0. The van der Waals surface area contributed by atoms with Gasteiger partial charge in [-0.05, 0) is 53.4 Å². The van der Waals surface area contributed by atoms with Gasteiger partial charge in [0.2, 0.25) is 0 Å². The Morgan fingerprint density at radius 1 is 1.06 bits per heavy atom. The van der Waals surface area contributed by atoms with E-state index in [0.717, 1.165) is 16.6 Å². The smallest absolute Gasteiger partial charge is 0.283 e. The Morgan fingerprint density at radius 3 is 2.52 bits per heavy atom. The quantitative estimate of drug-likeness (QED) is 0.481. The summed E-state index contributed by atoms with van der Waals surface area (Å²) in [4.78, 5) is 17.1. The van der Waals surface area contributed by atoms with Crippen LogP contribution in [0, 0.1) is 0 Å². The molecule has 0 aliphatic carbocycles. The summed E-state index contributed by atoms with van der Waals surface area (Å²) < 4.78 is 35.3. The molecule has 2 aromatic heterocycles. The summed E-state index contributed by atoms with van der Waals surface area (Å²) in [5.41, 5.74) is 1.83. The molecule has 0 aliphatic heterocycles. The van der Waals surface area contributed by atoms with Crippen molar-refractivity contribution in [2.24, 2.45) is 0 Å². The molecule has 0 radical (unpaired) electrons. The third-order valence-corrected chi connectivity index (χ3v) is 6.59. The van der Waals surface area contributed by atoms with Crippen molar-refractivity contribution < 1.29 is 17.9 Å². The van der Waals surface area contributed by atoms with E-state index in [1.807, 2.05) is 39.0 Å². The number of sulfonamides is 1. The van der Waals surface area contributed by atoms with Crippen molar-refractivity contribution in [3.63, 3.8) is 0 Å². The van der Waals surface area contributed by atoms with Gasteiger partial charge in [0.05, 0.1) is 18.3 Å². The lowest BCUT2D eigenvalue weighted by Crippen LogP contribution is -2.31. The summed E-state index contributed by atoms with van der Waals surface area (Å²) in [5.74, 6) is -0.678. The van der Waals surface area contributed by atoms with Crippen LogP contribution in [-0.2, 0) is 15.4 Å². The van der Waals surface area contributed by atoms with Crippen LogP contribution in [-0.4, -0.2) is 36.2 Å². The zero-order valence-electron chi connectivity index (χ0n) is 18.7. The number of aromatic nitrogens is 3. The number of hydrogen-bond donors (Lipinski definition) is 1. The number of carbonyl (C=O) groups excluding carboxylic acids is 1. The maximum absolute atomic E-state index is 13.1. The van der Waals surface area contributed by atoms with Gasteiger partial charge >= 0.3 is 0 Å². The van der Waals surface area contributed by atoms with Crippen LogP contribution in [0.4, 0.5) is 0 Å². The van der Waals surface area contributed by atoms with E-state index in [9.17, 15) is 13.2 Å². The van der Waals surface area contributed by atoms with Crippen LogP contribution < -0.4 is 9.46 Å². The average Bonchev–Trinajstić information content (AvgIpc) is 3.31. The number of amides is 1. The third-order valence-electron chi connectivity index (χ3n) is 5.24. The highest BCUT2D eigenvalue weighted by atomic mass is 32.2. The molecule has 0 spiro atoms. The number of methoxy groups -OCH3 is 1. The first-order valence-electron chi connectivity index (χ1n) is 10.3. The lowest BCUT2D eigenvalue weighted by atomic mass is 9.87. The summed E-state index contributed by atoms with van der Waals surface area (Å²) in [6.07, 6.45) is 3.48. The van der Waals surface area contributed by atoms with Crippen molar-refractivity contribution in [1.82, 2.24) is 19.5 Å². The molecule has 9 heteroatoms. The van der Waals surface area contributed by atoms with Crippen LogP contribution in [0.5, 0.6) is 5.75 Å². The van der Waals surface area contributed by atoms with Gasteiger partial charge in [-0.1, -0.05) is 32.9 Å². The minimum atomic E-state index is -4.21. The monoisotopic (exact) mass is 464 g/mol. The number of nitrogens with zero attached hydrogens (tertiary/aromatic N) is 3. The molecule has 8 nitrogen and oxygen atoms in total. The first-order valence-corrected chi connectivity index (χ1v) is 11.7. The molecule has 1 amide bonds. The van der Waals surface area contributed by atoms with Crippen LogP contribution in [0.15, 0.2) is 71.9 Å². The molecule has 2 heterocycles. The second-order valence-electron chi connectivity index (χ2n) is 8.54. The van der Waals surface area contributed by atoms with E-state index in [-0.39, 0.29) is 21.8 Å². The fourth-order valence-electron chi connectivity index (χ4n) is 3.46. The number of nitrogens with one attached hydrogen (secondary N) is 1. The minimum Gasteiger partial charge on any atom is -0.495 e. The number of hydrogen-bond acceptors (Lipinski definition) is 6. The van der Waals surface area contributed by atoms with E-state index in [1.165, 1.54) is 19.2 Å². The number of pyridine rings is 1. The Bertz CT molecular complexity index is 1440. The maximum atomic E-state index is 13.1. The lowest BCUT2D eigenvalue weighted by Gasteiger charge is -2.21. The summed E-state index contributed by atoms with van der Waals surface area (Å²) in [6.45, 7) is 5.92. The molecule has 2 aromatic carbocycles. The molecular weight excluding hydrogens is 440 g/mol. The van der Waals surface area contributed by atoms with Crippen molar-refractivity contribution >= 4 is 26.8 Å². The van der Waals surface area contributed by atoms with E-state index in [0.29, 0.717) is 5.52 Å². The Balaban J connectivity index is 1.68. The zero-order chi connectivity index (χ0) is 23.8. The fourth-order valence-corrected chi connectivity index (χ4v) is 4.62.